The summed E-state index contributed by atoms with van der Waals surface area (Å²) in [6, 6.07) is 10.6. The lowest BCUT2D eigenvalue weighted by atomic mass is 10.1. The van der Waals surface area contributed by atoms with Gasteiger partial charge >= 0.3 is 17.9 Å². The Bertz CT molecular complexity index is 1090. The average Bonchev–Trinajstić information content (AvgIpc) is 3.06. The molecular weight excluding hydrogens is 432 g/mol. The molecule has 0 aliphatic rings. The molecule has 0 bridgehead atoms. The molecule has 0 N–H and O–H groups in total. The van der Waals surface area contributed by atoms with Crippen molar-refractivity contribution in [2.75, 3.05) is 21.3 Å². The second-order valence-corrected chi connectivity index (χ2v) is 6.51. The summed E-state index contributed by atoms with van der Waals surface area (Å²) >= 11 is 3.37. The van der Waals surface area contributed by atoms with Crippen molar-refractivity contribution in [3.63, 3.8) is 0 Å². The predicted molar refractivity (Wildman–Crippen MR) is 102 cm³/mol. The number of ether oxygens (including phenoxy) is 3. The minimum absolute atomic E-state index is 0.121. The zero-order valence-corrected chi connectivity index (χ0v) is 16.8. The topological polar surface area (TPSA) is 96.2 Å². The van der Waals surface area contributed by atoms with E-state index in [4.69, 9.17) is 14.2 Å². The molecule has 144 valence electrons. The third-order valence-electron chi connectivity index (χ3n) is 4.09. The van der Waals surface area contributed by atoms with Gasteiger partial charge in [0.15, 0.2) is 5.69 Å². The predicted octanol–water partition coefficient (Wildman–Crippen LogP) is 3.12. The van der Waals surface area contributed by atoms with Gasteiger partial charge in [-0.15, -0.1) is 0 Å². The van der Waals surface area contributed by atoms with Gasteiger partial charge in [-0.25, -0.2) is 18.9 Å². The van der Waals surface area contributed by atoms with Crippen LogP contribution in [0.1, 0.15) is 31.2 Å². The molecule has 8 nitrogen and oxygen atoms in total. The van der Waals surface area contributed by atoms with Crippen molar-refractivity contribution in [2.45, 2.75) is 0 Å². The number of hydrogen-bond donors (Lipinski definition) is 0. The van der Waals surface area contributed by atoms with Gasteiger partial charge in [0.25, 0.3) is 0 Å². The summed E-state index contributed by atoms with van der Waals surface area (Å²) in [5.74, 6) is -2.52. The van der Waals surface area contributed by atoms with Gasteiger partial charge in [0.1, 0.15) is 11.1 Å². The Morgan fingerprint density at radius 1 is 0.821 bits per heavy atom. The van der Waals surface area contributed by atoms with Gasteiger partial charge in [-0.3, -0.25) is 0 Å². The quantitative estimate of drug-likeness (QED) is 0.448. The normalized spacial score (nSPS) is 10.6. The molecule has 9 heteroatoms. The fraction of sp³-hybridized carbons (Fsp3) is 0.158. The highest BCUT2D eigenvalue weighted by Gasteiger charge is 2.34. The molecule has 0 aliphatic heterocycles. The second kappa shape index (κ2) is 7.81. The van der Waals surface area contributed by atoms with Crippen molar-refractivity contribution in [3.05, 3.63) is 57.7 Å². The highest BCUT2D eigenvalue weighted by atomic mass is 79.9. The van der Waals surface area contributed by atoms with Crippen LogP contribution in [0.4, 0.5) is 0 Å². The molecule has 1 aromatic carbocycles. The van der Waals surface area contributed by atoms with Gasteiger partial charge in [-0.2, -0.15) is 5.10 Å². The van der Waals surface area contributed by atoms with Gasteiger partial charge in [-0.05, 0) is 24.3 Å². The van der Waals surface area contributed by atoms with Crippen LogP contribution in [0.15, 0.2) is 40.9 Å². The number of methoxy groups -OCH3 is 3. The van der Waals surface area contributed by atoms with E-state index in [9.17, 15) is 14.4 Å². The van der Waals surface area contributed by atoms with Crippen LogP contribution in [0.25, 0.3) is 16.8 Å². The first kappa shape index (κ1) is 19.6. The first-order valence-electron chi connectivity index (χ1n) is 7.99. The van der Waals surface area contributed by atoms with Crippen LogP contribution in [0.5, 0.6) is 0 Å². The average molecular weight is 447 g/mol. The van der Waals surface area contributed by atoms with Gasteiger partial charge in [0, 0.05) is 10.0 Å². The fourth-order valence-corrected chi connectivity index (χ4v) is 3.07. The lowest BCUT2D eigenvalue weighted by molar-refractivity contribution is 0.0536. The molecule has 3 aromatic rings. The van der Waals surface area contributed by atoms with E-state index < -0.39 is 17.9 Å². The van der Waals surface area contributed by atoms with Crippen LogP contribution in [-0.2, 0) is 14.2 Å². The van der Waals surface area contributed by atoms with E-state index in [1.807, 2.05) is 24.3 Å². The summed E-state index contributed by atoms with van der Waals surface area (Å²) in [6.07, 6.45) is 0. The molecule has 28 heavy (non-hydrogen) atoms. The maximum Gasteiger partial charge on any atom is 0.357 e. The maximum absolute atomic E-state index is 12.4. The fourth-order valence-electron chi connectivity index (χ4n) is 2.80. The molecule has 0 saturated heterocycles. The Morgan fingerprint density at radius 2 is 1.39 bits per heavy atom. The van der Waals surface area contributed by atoms with Gasteiger partial charge < -0.3 is 14.2 Å². The molecule has 0 radical (unpaired) electrons. The van der Waals surface area contributed by atoms with Crippen molar-refractivity contribution < 1.29 is 28.6 Å². The second-order valence-electron chi connectivity index (χ2n) is 5.60. The van der Waals surface area contributed by atoms with E-state index >= 15 is 0 Å². The van der Waals surface area contributed by atoms with E-state index in [0.29, 0.717) is 5.69 Å². The van der Waals surface area contributed by atoms with E-state index in [0.717, 1.165) is 17.1 Å². The highest BCUT2D eigenvalue weighted by molar-refractivity contribution is 9.10. The molecule has 0 aliphatic carbocycles. The van der Waals surface area contributed by atoms with Crippen LogP contribution in [0, 0.1) is 0 Å². The summed E-state index contributed by atoms with van der Waals surface area (Å²) in [7, 11) is 3.49. The minimum atomic E-state index is -0.878. The van der Waals surface area contributed by atoms with Crippen LogP contribution in [0.2, 0.25) is 0 Å². The first-order chi connectivity index (χ1) is 13.4. The Balaban J connectivity index is 2.38. The molecule has 0 fully saturated rings. The molecule has 0 amide bonds. The van der Waals surface area contributed by atoms with E-state index in [-0.39, 0.29) is 22.3 Å². The number of nitrogens with zero attached hydrogens (tertiary/aromatic N) is 2. The number of carbonyl (C=O) groups is 3. The van der Waals surface area contributed by atoms with Gasteiger partial charge in [0.05, 0.1) is 32.5 Å². The van der Waals surface area contributed by atoms with Crippen molar-refractivity contribution in [2.24, 2.45) is 0 Å². The molecular formula is C19H15BrN2O6. The number of benzene rings is 1. The Morgan fingerprint density at radius 3 is 1.96 bits per heavy atom. The van der Waals surface area contributed by atoms with Crippen LogP contribution in [0.3, 0.4) is 0 Å². The Labute approximate surface area is 168 Å². The minimum Gasteiger partial charge on any atom is -0.465 e. The molecule has 0 spiro atoms. The molecule has 2 heterocycles. The molecule has 0 unspecified atom stereocenters. The third-order valence-corrected chi connectivity index (χ3v) is 4.62. The van der Waals surface area contributed by atoms with Gasteiger partial charge in [-0.1, -0.05) is 28.1 Å². The summed E-state index contributed by atoms with van der Waals surface area (Å²) in [5, 5.41) is 4.44. The largest absolute Gasteiger partial charge is 0.465 e. The number of aromatic nitrogens is 2. The van der Waals surface area contributed by atoms with Crippen molar-refractivity contribution >= 4 is 39.4 Å². The number of halogens is 1. The highest BCUT2D eigenvalue weighted by Crippen LogP contribution is 2.28. The molecule has 0 atom stereocenters. The molecule has 3 rings (SSSR count). The first-order valence-corrected chi connectivity index (χ1v) is 8.78. The lowest BCUT2D eigenvalue weighted by Crippen LogP contribution is -2.16. The van der Waals surface area contributed by atoms with Crippen molar-refractivity contribution in [3.8, 4) is 11.3 Å². The summed E-state index contributed by atoms with van der Waals surface area (Å²) in [5.41, 5.74) is 0.908. The van der Waals surface area contributed by atoms with Crippen LogP contribution >= 0.6 is 15.9 Å². The summed E-state index contributed by atoms with van der Waals surface area (Å²) in [6.45, 7) is 0. The zero-order chi connectivity index (χ0) is 20.4. The molecule has 0 saturated carbocycles. The SMILES string of the molecule is COC(=O)c1c(C(=O)OC)c2ccc(-c3ccc(Br)cc3)nn2c1C(=O)OC. The van der Waals surface area contributed by atoms with Crippen molar-refractivity contribution in [1.82, 2.24) is 9.61 Å². The number of hydrogen-bond acceptors (Lipinski definition) is 7. The summed E-state index contributed by atoms with van der Waals surface area (Å²) in [4.78, 5) is 37.2. The van der Waals surface area contributed by atoms with Crippen LogP contribution < -0.4 is 0 Å². The molecule has 2 aromatic heterocycles. The lowest BCUT2D eigenvalue weighted by Gasteiger charge is -2.05. The number of esters is 3. The third kappa shape index (κ3) is 3.24. The zero-order valence-electron chi connectivity index (χ0n) is 15.2. The summed E-state index contributed by atoms with van der Waals surface area (Å²) < 4.78 is 16.4. The Kier molecular flexibility index (Phi) is 5.46. The monoisotopic (exact) mass is 446 g/mol. The van der Waals surface area contributed by atoms with Gasteiger partial charge in [0.2, 0.25) is 0 Å². The number of fused-ring (bicyclic) bond motifs is 1. The Hall–Kier alpha value is -3.20. The van der Waals surface area contributed by atoms with E-state index in [1.165, 1.54) is 18.7 Å². The van der Waals surface area contributed by atoms with Crippen molar-refractivity contribution in [1.29, 1.82) is 0 Å². The number of carbonyl (C=O) groups excluding carboxylic acids is 3. The maximum atomic E-state index is 12.4. The van der Waals surface area contributed by atoms with E-state index in [1.54, 1.807) is 12.1 Å². The smallest absolute Gasteiger partial charge is 0.357 e. The standard InChI is InChI=1S/C19H15BrN2O6/c1-26-17(23)14-13-9-8-12(10-4-6-11(20)7-5-10)21-22(13)16(19(25)28-3)15(14)18(24)27-2/h4-9H,1-3H3. The van der Waals surface area contributed by atoms with Crippen LogP contribution in [-0.4, -0.2) is 48.9 Å². The van der Waals surface area contributed by atoms with E-state index in [2.05, 4.69) is 21.0 Å². The number of rotatable bonds is 4.